The number of hydrogen-bond acceptors (Lipinski definition) is 6. The molecule has 0 spiro atoms. The van der Waals surface area contributed by atoms with Crippen LogP contribution in [0.3, 0.4) is 0 Å². The number of halogens is 1. The summed E-state index contributed by atoms with van der Waals surface area (Å²) < 4.78 is 11.9. The zero-order chi connectivity index (χ0) is 37.7. The normalized spacial score (nSPS) is 21.1. The highest BCUT2D eigenvalue weighted by molar-refractivity contribution is 6.31. The third kappa shape index (κ3) is 12.2. The fourth-order valence-electron chi connectivity index (χ4n) is 8.68. The van der Waals surface area contributed by atoms with Gasteiger partial charge in [0.1, 0.15) is 0 Å². The van der Waals surface area contributed by atoms with Crippen molar-refractivity contribution in [3.05, 3.63) is 82.9 Å². The van der Waals surface area contributed by atoms with Crippen molar-refractivity contribution >= 4 is 34.2 Å². The molecule has 2 fully saturated rings. The lowest BCUT2D eigenvalue weighted by Crippen LogP contribution is -2.50. The van der Waals surface area contributed by atoms with E-state index < -0.39 is 18.2 Å². The molecule has 9 heteroatoms. The first-order valence-electron chi connectivity index (χ1n) is 20.1. The highest BCUT2D eigenvalue weighted by atomic mass is 35.5. The molecular weight excluding hydrogens is 684 g/mol. The van der Waals surface area contributed by atoms with Gasteiger partial charge in [0.2, 0.25) is 0 Å². The van der Waals surface area contributed by atoms with Crippen LogP contribution in [-0.2, 0) is 25.5 Å². The van der Waals surface area contributed by atoms with Gasteiger partial charge in [0.15, 0.2) is 12.2 Å². The predicted molar refractivity (Wildman–Crippen MR) is 216 cm³/mol. The van der Waals surface area contributed by atoms with Gasteiger partial charge in [-0.25, -0.2) is 0 Å². The Balaban J connectivity index is 1.19. The number of nitrogens with two attached hydrogens (primary N) is 2. The largest absolute Gasteiger partial charge is 0.370 e. The second kappa shape index (κ2) is 20.6. The average Bonchev–Trinajstić information content (AvgIpc) is 3.15. The summed E-state index contributed by atoms with van der Waals surface area (Å²) in [6.07, 6.45) is 11.7. The zero-order valence-electron chi connectivity index (χ0n) is 32.1. The van der Waals surface area contributed by atoms with Gasteiger partial charge in [-0.05, 0) is 91.3 Å². The van der Waals surface area contributed by atoms with Crippen LogP contribution in [0.2, 0.25) is 5.02 Å². The van der Waals surface area contributed by atoms with Crippen LogP contribution in [-0.4, -0.2) is 55.9 Å². The number of methoxy groups -OCH3 is 1. The van der Waals surface area contributed by atoms with Crippen LogP contribution in [0.15, 0.2) is 66.7 Å². The van der Waals surface area contributed by atoms with E-state index in [0.29, 0.717) is 35.7 Å². The van der Waals surface area contributed by atoms with Crippen molar-refractivity contribution in [2.45, 2.75) is 134 Å². The molecule has 53 heavy (non-hydrogen) atoms. The molecule has 5 rings (SSSR count). The number of ether oxygens (including phenoxy) is 2. The Morgan fingerprint density at radius 1 is 0.755 bits per heavy atom. The smallest absolute Gasteiger partial charge is 0.251 e. The van der Waals surface area contributed by atoms with E-state index in [2.05, 4.69) is 53.1 Å². The van der Waals surface area contributed by atoms with Crippen LogP contribution in [0.4, 0.5) is 0 Å². The van der Waals surface area contributed by atoms with Gasteiger partial charge in [-0.2, -0.15) is 0 Å². The molecule has 290 valence electrons. The van der Waals surface area contributed by atoms with Crippen molar-refractivity contribution in [2.75, 3.05) is 13.7 Å². The quantitative estimate of drug-likeness (QED) is 0.104. The first-order valence-corrected chi connectivity index (χ1v) is 20.5. The standard InChI is InChI=1S/C44H63ClN4O4/c1-29(2)53-42(43(50)48-24-23-34-14-9-10-16-37(34)45)39(47)26-31-17-19-32(20-18-31)27-40(36-22-21-33-13-7-8-15-35(33)28-36)49-44(51)41(52-3)38(46)25-30-11-5-4-6-12-30/h7-10,13-16,21-22,28-32,38-42H,4-6,11-12,17-20,23-27,46-47H2,1-3H3,(H,48,50)(H,49,51)/t31?,32?,38-,39-,40+,41?,42?/m1/s1. The molecular formula is C44H63ClN4O4. The highest BCUT2D eigenvalue weighted by Crippen LogP contribution is 2.37. The summed E-state index contributed by atoms with van der Waals surface area (Å²) in [6.45, 7) is 4.34. The maximum Gasteiger partial charge on any atom is 0.251 e. The van der Waals surface area contributed by atoms with Crippen LogP contribution in [0.5, 0.6) is 0 Å². The van der Waals surface area contributed by atoms with E-state index >= 15 is 0 Å². The van der Waals surface area contributed by atoms with Crippen LogP contribution >= 0.6 is 11.6 Å². The van der Waals surface area contributed by atoms with Gasteiger partial charge in [-0.1, -0.05) is 124 Å². The Morgan fingerprint density at radius 2 is 1.36 bits per heavy atom. The lowest BCUT2D eigenvalue weighted by molar-refractivity contribution is -0.137. The molecule has 6 N–H and O–H groups in total. The number of carbonyl (C=O) groups is 2. The zero-order valence-corrected chi connectivity index (χ0v) is 32.9. The molecule has 2 unspecified atom stereocenters. The third-order valence-corrected chi connectivity index (χ3v) is 12.0. The number of fused-ring (bicyclic) bond motifs is 1. The van der Waals surface area contributed by atoms with Gasteiger partial charge >= 0.3 is 0 Å². The van der Waals surface area contributed by atoms with Crippen molar-refractivity contribution in [1.82, 2.24) is 10.6 Å². The van der Waals surface area contributed by atoms with Gasteiger partial charge in [0.25, 0.3) is 11.8 Å². The van der Waals surface area contributed by atoms with Crippen molar-refractivity contribution in [3.63, 3.8) is 0 Å². The van der Waals surface area contributed by atoms with Crippen LogP contribution in [0.25, 0.3) is 10.8 Å². The maximum absolute atomic E-state index is 13.9. The second-order valence-electron chi connectivity index (χ2n) is 16.0. The number of nitrogens with one attached hydrogen (secondary N) is 2. The molecule has 0 bridgehead atoms. The molecule has 8 nitrogen and oxygen atoms in total. The van der Waals surface area contributed by atoms with Gasteiger partial charge < -0.3 is 31.6 Å². The van der Waals surface area contributed by atoms with E-state index in [0.717, 1.165) is 61.5 Å². The molecule has 0 saturated heterocycles. The summed E-state index contributed by atoms with van der Waals surface area (Å²) in [5.41, 5.74) is 15.5. The molecule has 3 aromatic rings. The second-order valence-corrected chi connectivity index (χ2v) is 16.4. The fourth-order valence-corrected chi connectivity index (χ4v) is 8.91. The number of benzene rings is 3. The van der Waals surface area contributed by atoms with Crippen LogP contribution in [0.1, 0.15) is 108 Å². The number of hydrogen-bond donors (Lipinski definition) is 4. The Kier molecular flexibility index (Phi) is 16.0. The minimum absolute atomic E-state index is 0.127. The Morgan fingerprint density at radius 3 is 2.02 bits per heavy atom. The average molecular weight is 747 g/mol. The summed E-state index contributed by atoms with van der Waals surface area (Å²) >= 11 is 6.32. The summed E-state index contributed by atoms with van der Waals surface area (Å²) in [7, 11) is 1.60. The summed E-state index contributed by atoms with van der Waals surface area (Å²) in [5, 5.41) is 9.47. The Hall–Kier alpha value is -3.01. The van der Waals surface area contributed by atoms with Gasteiger partial charge in [0.05, 0.1) is 12.1 Å². The summed E-state index contributed by atoms with van der Waals surface area (Å²) in [5.74, 6) is 1.10. The lowest BCUT2D eigenvalue weighted by atomic mass is 9.76. The maximum atomic E-state index is 13.9. The summed E-state index contributed by atoms with van der Waals surface area (Å²) in [4.78, 5) is 27.2. The van der Waals surface area contributed by atoms with Gasteiger partial charge in [-0.3, -0.25) is 9.59 Å². The van der Waals surface area contributed by atoms with E-state index in [-0.39, 0.29) is 30.0 Å². The van der Waals surface area contributed by atoms with Crippen molar-refractivity contribution < 1.29 is 19.1 Å². The van der Waals surface area contributed by atoms with Gasteiger partial charge in [0, 0.05) is 30.8 Å². The van der Waals surface area contributed by atoms with Crippen LogP contribution in [0, 0.1) is 17.8 Å². The van der Waals surface area contributed by atoms with E-state index in [1.165, 1.54) is 37.5 Å². The molecule has 5 atom stereocenters. The minimum Gasteiger partial charge on any atom is -0.370 e. The molecule has 0 radical (unpaired) electrons. The molecule has 2 amide bonds. The third-order valence-electron chi connectivity index (χ3n) is 11.6. The molecule has 2 saturated carbocycles. The highest BCUT2D eigenvalue weighted by Gasteiger charge is 2.34. The van der Waals surface area contributed by atoms with Crippen molar-refractivity contribution in [2.24, 2.45) is 29.2 Å². The van der Waals surface area contributed by atoms with E-state index in [1.807, 2.05) is 38.1 Å². The molecule has 3 aromatic carbocycles. The monoisotopic (exact) mass is 746 g/mol. The fraction of sp³-hybridized carbons (Fsp3) is 0.591. The Labute approximate surface area is 322 Å². The molecule has 2 aliphatic rings. The molecule has 2 aliphatic carbocycles. The van der Waals surface area contributed by atoms with E-state index in [1.54, 1.807) is 7.11 Å². The van der Waals surface area contributed by atoms with Gasteiger partial charge in [-0.15, -0.1) is 0 Å². The number of carbonyl (C=O) groups excluding carboxylic acids is 2. The summed E-state index contributed by atoms with van der Waals surface area (Å²) in [6, 6.07) is 21.6. The van der Waals surface area contributed by atoms with Crippen molar-refractivity contribution in [3.8, 4) is 0 Å². The van der Waals surface area contributed by atoms with Crippen LogP contribution < -0.4 is 22.1 Å². The number of rotatable bonds is 18. The predicted octanol–water partition coefficient (Wildman–Crippen LogP) is 8.03. The molecule has 0 aromatic heterocycles. The first-order chi connectivity index (χ1) is 25.6. The number of amides is 2. The lowest BCUT2D eigenvalue weighted by Gasteiger charge is -2.34. The van der Waals surface area contributed by atoms with E-state index in [4.69, 9.17) is 32.5 Å². The molecule has 0 heterocycles. The SMILES string of the molecule is COC(C(=O)N[C@@H](CC1CCC(C[C@@H](N)C(OC(C)C)C(=O)NCCc2ccccc2Cl)CC1)c1ccc2ccccc2c1)[C@H](N)CC1CCCCC1. The first kappa shape index (κ1) is 41.2. The topological polar surface area (TPSA) is 129 Å². The minimum atomic E-state index is -0.718. The van der Waals surface area contributed by atoms with Crippen molar-refractivity contribution in [1.29, 1.82) is 0 Å². The Bertz CT molecular complexity index is 1590. The molecule has 0 aliphatic heterocycles. The van der Waals surface area contributed by atoms with E-state index in [9.17, 15) is 9.59 Å².